The molecule has 0 fully saturated rings. The van der Waals surface area contributed by atoms with E-state index in [4.69, 9.17) is 19.9 Å². The normalized spacial score (nSPS) is 10.6. The summed E-state index contributed by atoms with van der Waals surface area (Å²) in [5.74, 6) is 0.819. The van der Waals surface area contributed by atoms with Crippen LogP contribution in [0.3, 0.4) is 0 Å². The van der Waals surface area contributed by atoms with Crippen molar-refractivity contribution in [3.63, 3.8) is 0 Å². The number of halogens is 1. The van der Waals surface area contributed by atoms with Crippen LogP contribution in [0.1, 0.15) is 12.0 Å². The first kappa shape index (κ1) is 15.4. The molecule has 102 valence electrons. The van der Waals surface area contributed by atoms with Crippen LogP contribution in [0.4, 0.5) is 0 Å². The highest BCUT2D eigenvalue weighted by Gasteiger charge is 2.00. The van der Waals surface area contributed by atoms with Crippen molar-refractivity contribution in [1.29, 1.82) is 0 Å². The van der Waals surface area contributed by atoms with E-state index < -0.39 is 0 Å². The molecule has 0 unspecified atom stereocenters. The fourth-order valence-electron chi connectivity index (χ4n) is 1.42. The summed E-state index contributed by atoms with van der Waals surface area (Å²) in [5.41, 5.74) is 6.66. The summed E-state index contributed by atoms with van der Waals surface area (Å²) >= 11 is 3.44. The molecule has 0 aromatic heterocycles. The highest BCUT2D eigenvalue weighted by Crippen LogP contribution is 2.22. The number of nitrogens with two attached hydrogens (primary N) is 1. The van der Waals surface area contributed by atoms with E-state index in [2.05, 4.69) is 15.9 Å². The zero-order valence-electron chi connectivity index (χ0n) is 10.7. The third kappa shape index (κ3) is 5.82. The Labute approximate surface area is 117 Å². The Morgan fingerprint density at radius 1 is 1.17 bits per heavy atom. The lowest BCUT2D eigenvalue weighted by Crippen LogP contribution is -2.09. The molecule has 1 rings (SSSR count). The van der Waals surface area contributed by atoms with Gasteiger partial charge in [0.15, 0.2) is 0 Å². The van der Waals surface area contributed by atoms with Crippen LogP contribution in [0.15, 0.2) is 22.7 Å². The fraction of sp³-hybridized carbons (Fsp3) is 0.538. The largest absolute Gasteiger partial charge is 0.491 e. The zero-order chi connectivity index (χ0) is 13.2. The van der Waals surface area contributed by atoms with Crippen molar-refractivity contribution in [1.82, 2.24) is 0 Å². The monoisotopic (exact) mass is 317 g/mol. The smallest absolute Gasteiger partial charge is 0.119 e. The van der Waals surface area contributed by atoms with E-state index >= 15 is 0 Å². The number of benzene rings is 1. The second-order valence-corrected chi connectivity index (χ2v) is 4.62. The second kappa shape index (κ2) is 9.33. The van der Waals surface area contributed by atoms with Gasteiger partial charge >= 0.3 is 0 Å². The van der Waals surface area contributed by atoms with Gasteiger partial charge in [-0.15, -0.1) is 0 Å². The van der Waals surface area contributed by atoms with E-state index in [-0.39, 0.29) is 0 Å². The lowest BCUT2D eigenvalue weighted by molar-refractivity contribution is 0.0806. The zero-order valence-corrected chi connectivity index (χ0v) is 12.2. The van der Waals surface area contributed by atoms with E-state index in [0.717, 1.165) is 28.8 Å². The van der Waals surface area contributed by atoms with Crippen LogP contribution in [0, 0.1) is 0 Å². The van der Waals surface area contributed by atoms with Crippen molar-refractivity contribution in [2.24, 2.45) is 5.73 Å². The Morgan fingerprint density at radius 2 is 2.00 bits per heavy atom. The fourth-order valence-corrected chi connectivity index (χ4v) is 1.83. The molecule has 0 saturated carbocycles. The molecule has 0 aliphatic heterocycles. The maximum absolute atomic E-state index is 5.62. The van der Waals surface area contributed by atoms with E-state index in [1.807, 2.05) is 18.2 Å². The van der Waals surface area contributed by atoms with Gasteiger partial charge in [-0.25, -0.2) is 0 Å². The first-order valence-electron chi connectivity index (χ1n) is 5.96. The average molecular weight is 318 g/mol. The first-order chi connectivity index (χ1) is 8.77. The van der Waals surface area contributed by atoms with Gasteiger partial charge < -0.3 is 19.9 Å². The highest BCUT2D eigenvalue weighted by atomic mass is 79.9. The molecule has 0 atom stereocenters. The van der Waals surface area contributed by atoms with Gasteiger partial charge in [0.1, 0.15) is 12.4 Å². The summed E-state index contributed by atoms with van der Waals surface area (Å²) in [6, 6.07) is 5.79. The number of rotatable bonds is 9. The summed E-state index contributed by atoms with van der Waals surface area (Å²) < 4.78 is 16.9. The predicted octanol–water partition coefficient (Wildman–Crippen LogP) is 2.34. The maximum atomic E-state index is 5.62. The predicted molar refractivity (Wildman–Crippen MR) is 74.8 cm³/mol. The van der Waals surface area contributed by atoms with Crippen LogP contribution in [0.2, 0.25) is 0 Å². The molecule has 4 nitrogen and oxygen atoms in total. The lowest BCUT2D eigenvalue weighted by atomic mass is 10.2. The summed E-state index contributed by atoms with van der Waals surface area (Å²) in [5, 5.41) is 0. The minimum absolute atomic E-state index is 0.491. The number of ether oxygens (including phenoxy) is 3. The Kier molecular flexibility index (Phi) is 8.00. The van der Waals surface area contributed by atoms with Crippen LogP contribution in [0.5, 0.6) is 5.75 Å². The van der Waals surface area contributed by atoms with Crippen molar-refractivity contribution in [2.45, 2.75) is 13.0 Å². The number of hydrogen-bond donors (Lipinski definition) is 1. The standard InChI is InChI=1S/C13H20BrNO3/c1-16-5-2-6-17-7-8-18-12-3-4-13(14)11(9-12)10-15/h3-4,9H,2,5-8,10,15H2,1H3. The van der Waals surface area contributed by atoms with Gasteiger partial charge in [0, 0.05) is 31.3 Å². The van der Waals surface area contributed by atoms with E-state index in [1.54, 1.807) is 7.11 Å². The van der Waals surface area contributed by atoms with Crippen LogP contribution in [-0.2, 0) is 16.0 Å². The van der Waals surface area contributed by atoms with E-state index in [0.29, 0.717) is 26.4 Å². The topological polar surface area (TPSA) is 53.7 Å². The third-order valence-corrected chi connectivity index (χ3v) is 3.14. The van der Waals surface area contributed by atoms with Crippen molar-refractivity contribution in [3.8, 4) is 5.75 Å². The molecule has 0 saturated heterocycles. The minimum Gasteiger partial charge on any atom is -0.491 e. The van der Waals surface area contributed by atoms with Crippen molar-refractivity contribution >= 4 is 15.9 Å². The SMILES string of the molecule is COCCCOCCOc1ccc(Br)c(CN)c1. The van der Waals surface area contributed by atoms with Gasteiger partial charge in [-0.1, -0.05) is 15.9 Å². The van der Waals surface area contributed by atoms with Gasteiger partial charge in [-0.3, -0.25) is 0 Å². The summed E-state index contributed by atoms with van der Waals surface area (Å²) in [6.45, 7) is 3.04. The summed E-state index contributed by atoms with van der Waals surface area (Å²) in [6.07, 6.45) is 0.909. The van der Waals surface area contributed by atoms with Crippen LogP contribution < -0.4 is 10.5 Å². The van der Waals surface area contributed by atoms with Gasteiger partial charge in [-0.05, 0) is 30.2 Å². The summed E-state index contributed by atoms with van der Waals surface area (Å²) in [7, 11) is 1.69. The molecule has 0 spiro atoms. The average Bonchev–Trinajstić information content (AvgIpc) is 2.39. The molecule has 0 aliphatic rings. The summed E-state index contributed by atoms with van der Waals surface area (Å²) in [4.78, 5) is 0. The molecule has 1 aromatic rings. The van der Waals surface area contributed by atoms with Crippen LogP contribution in [-0.4, -0.2) is 33.5 Å². The number of hydrogen-bond acceptors (Lipinski definition) is 4. The highest BCUT2D eigenvalue weighted by molar-refractivity contribution is 9.10. The van der Waals surface area contributed by atoms with Crippen molar-refractivity contribution in [2.75, 3.05) is 33.5 Å². The molecule has 2 N–H and O–H groups in total. The molecule has 1 aromatic carbocycles. The van der Waals surface area contributed by atoms with Gasteiger partial charge in [0.25, 0.3) is 0 Å². The molecule has 0 heterocycles. The first-order valence-corrected chi connectivity index (χ1v) is 6.75. The molecule has 18 heavy (non-hydrogen) atoms. The molecule has 5 heteroatoms. The molecule has 0 amide bonds. The van der Waals surface area contributed by atoms with Crippen LogP contribution in [0.25, 0.3) is 0 Å². The van der Waals surface area contributed by atoms with E-state index in [1.165, 1.54) is 0 Å². The second-order valence-electron chi connectivity index (χ2n) is 3.76. The molecular formula is C13H20BrNO3. The Balaban J connectivity index is 2.19. The maximum Gasteiger partial charge on any atom is 0.119 e. The van der Waals surface area contributed by atoms with Crippen LogP contribution >= 0.6 is 15.9 Å². The lowest BCUT2D eigenvalue weighted by Gasteiger charge is -2.09. The minimum atomic E-state index is 0.491. The Bertz CT molecular complexity index is 347. The van der Waals surface area contributed by atoms with Gasteiger partial charge in [0.05, 0.1) is 6.61 Å². The molecule has 0 radical (unpaired) electrons. The van der Waals surface area contributed by atoms with Crippen molar-refractivity contribution < 1.29 is 14.2 Å². The third-order valence-electron chi connectivity index (χ3n) is 2.37. The molecule has 0 aliphatic carbocycles. The number of methoxy groups -OCH3 is 1. The van der Waals surface area contributed by atoms with Gasteiger partial charge in [-0.2, -0.15) is 0 Å². The molecular weight excluding hydrogens is 298 g/mol. The Hall–Kier alpha value is -0.620. The van der Waals surface area contributed by atoms with Gasteiger partial charge in [0.2, 0.25) is 0 Å². The van der Waals surface area contributed by atoms with E-state index in [9.17, 15) is 0 Å². The van der Waals surface area contributed by atoms with Crippen molar-refractivity contribution in [3.05, 3.63) is 28.2 Å². The quantitative estimate of drug-likeness (QED) is 0.710. The molecule has 0 bridgehead atoms. The Morgan fingerprint density at radius 3 is 2.72 bits per heavy atom.